The number of rotatable bonds is 5. The Bertz CT molecular complexity index is 376. The van der Waals surface area contributed by atoms with Crippen molar-refractivity contribution in [1.29, 1.82) is 0 Å². The minimum Gasteiger partial charge on any atom is -0.480 e. The van der Waals surface area contributed by atoms with Gasteiger partial charge in [-0.1, -0.05) is 0 Å². The summed E-state index contributed by atoms with van der Waals surface area (Å²) in [6, 6.07) is 4.08. The number of aliphatic carboxylic acids is 1. The molecule has 0 unspecified atom stereocenters. The van der Waals surface area contributed by atoms with Crippen molar-refractivity contribution in [2.24, 2.45) is 0 Å². The lowest BCUT2D eigenvalue weighted by atomic mass is 10.0. The van der Waals surface area contributed by atoms with E-state index in [4.69, 9.17) is 5.11 Å². The maximum Gasteiger partial charge on any atom is 0.323 e. The monoisotopic (exact) mass is 305 g/mol. The second-order valence-electron chi connectivity index (χ2n) is 4.24. The second kappa shape index (κ2) is 5.29. The van der Waals surface area contributed by atoms with Gasteiger partial charge in [0.1, 0.15) is 5.54 Å². The molecule has 1 N–H and O–H groups in total. The largest absolute Gasteiger partial charge is 0.480 e. The van der Waals surface area contributed by atoms with E-state index in [2.05, 4.69) is 22.0 Å². The fourth-order valence-electron chi connectivity index (χ4n) is 1.21. The van der Waals surface area contributed by atoms with Crippen LogP contribution in [0.5, 0.6) is 0 Å². The van der Waals surface area contributed by atoms with Gasteiger partial charge in [-0.15, -0.1) is 11.3 Å². The molecule has 0 atom stereocenters. The molecule has 16 heavy (non-hydrogen) atoms. The maximum absolute atomic E-state index is 11.0. The van der Waals surface area contributed by atoms with Crippen molar-refractivity contribution in [2.45, 2.75) is 25.8 Å². The van der Waals surface area contributed by atoms with Gasteiger partial charge in [-0.3, -0.25) is 9.69 Å². The molecule has 0 radical (unpaired) electrons. The SMILES string of the molecule is CN(CCc1ccc(Br)s1)C(C)(C)C(=O)O. The quantitative estimate of drug-likeness (QED) is 0.909. The third kappa shape index (κ3) is 3.30. The molecule has 0 fully saturated rings. The van der Waals surface area contributed by atoms with E-state index in [1.54, 1.807) is 25.2 Å². The van der Waals surface area contributed by atoms with E-state index in [0.29, 0.717) is 0 Å². The fourth-order valence-corrected chi connectivity index (χ4v) is 2.68. The van der Waals surface area contributed by atoms with Crippen molar-refractivity contribution < 1.29 is 9.90 Å². The standard InChI is InChI=1S/C11H16BrNO2S/c1-11(2,10(14)15)13(3)7-6-8-4-5-9(12)16-8/h4-5H,6-7H2,1-3H3,(H,14,15). The first kappa shape index (κ1) is 13.7. The van der Waals surface area contributed by atoms with Crippen LogP contribution in [-0.2, 0) is 11.2 Å². The first-order valence-electron chi connectivity index (χ1n) is 5.03. The second-order valence-corrected chi connectivity index (χ2v) is 6.79. The molecule has 0 aliphatic rings. The average Bonchev–Trinajstić information content (AvgIpc) is 2.60. The summed E-state index contributed by atoms with van der Waals surface area (Å²) in [5.41, 5.74) is -0.811. The van der Waals surface area contributed by atoms with Gasteiger partial charge in [0, 0.05) is 11.4 Å². The predicted octanol–water partition coefficient (Wildman–Crippen LogP) is 2.85. The molecule has 0 saturated heterocycles. The molecule has 1 aromatic heterocycles. The summed E-state index contributed by atoms with van der Waals surface area (Å²) in [7, 11) is 1.84. The van der Waals surface area contributed by atoms with E-state index < -0.39 is 11.5 Å². The fraction of sp³-hybridized carbons (Fsp3) is 0.545. The summed E-state index contributed by atoms with van der Waals surface area (Å²) >= 11 is 5.10. The Hall–Kier alpha value is -0.390. The van der Waals surface area contributed by atoms with Gasteiger partial charge in [0.15, 0.2) is 0 Å². The van der Waals surface area contributed by atoms with Crippen LogP contribution in [0.4, 0.5) is 0 Å². The summed E-state index contributed by atoms with van der Waals surface area (Å²) in [6.07, 6.45) is 0.878. The van der Waals surface area contributed by atoms with E-state index in [1.165, 1.54) is 4.88 Å². The minimum atomic E-state index is -0.811. The average molecular weight is 306 g/mol. The molecule has 0 spiro atoms. The normalized spacial score (nSPS) is 12.1. The third-order valence-electron chi connectivity index (χ3n) is 2.80. The molecule has 0 aliphatic heterocycles. The molecule has 0 bridgehead atoms. The maximum atomic E-state index is 11.0. The third-order valence-corrected chi connectivity index (χ3v) is 4.48. The Morgan fingerprint density at radius 1 is 1.56 bits per heavy atom. The number of carbonyl (C=O) groups is 1. The summed E-state index contributed by atoms with van der Waals surface area (Å²) in [5.74, 6) is -0.789. The van der Waals surface area contributed by atoms with Crippen LogP contribution in [-0.4, -0.2) is 35.1 Å². The van der Waals surface area contributed by atoms with Crippen molar-refractivity contribution in [1.82, 2.24) is 4.90 Å². The molecular weight excluding hydrogens is 290 g/mol. The molecule has 1 aromatic rings. The summed E-state index contributed by atoms with van der Waals surface area (Å²) in [6.45, 7) is 4.19. The number of hydrogen-bond donors (Lipinski definition) is 1. The molecule has 90 valence electrons. The highest BCUT2D eigenvalue weighted by Gasteiger charge is 2.31. The van der Waals surface area contributed by atoms with E-state index in [0.717, 1.165) is 16.8 Å². The first-order valence-corrected chi connectivity index (χ1v) is 6.64. The summed E-state index contributed by atoms with van der Waals surface area (Å²) < 4.78 is 1.11. The van der Waals surface area contributed by atoms with E-state index in [9.17, 15) is 4.79 Å². The zero-order valence-corrected chi connectivity index (χ0v) is 12.1. The van der Waals surface area contributed by atoms with Gasteiger partial charge in [-0.05, 0) is 55.4 Å². The van der Waals surface area contributed by atoms with E-state index in [-0.39, 0.29) is 0 Å². The number of carboxylic acid groups (broad SMARTS) is 1. The minimum absolute atomic E-state index is 0.742. The topological polar surface area (TPSA) is 40.5 Å². The number of hydrogen-bond acceptors (Lipinski definition) is 3. The Morgan fingerprint density at radius 3 is 2.62 bits per heavy atom. The molecule has 5 heteroatoms. The van der Waals surface area contributed by atoms with E-state index >= 15 is 0 Å². The molecule has 0 aromatic carbocycles. The highest BCUT2D eigenvalue weighted by atomic mass is 79.9. The zero-order valence-electron chi connectivity index (χ0n) is 9.66. The van der Waals surface area contributed by atoms with Crippen LogP contribution in [0.3, 0.4) is 0 Å². The van der Waals surface area contributed by atoms with Crippen LogP contribution in [0.25, 0.3) is 0 Å². The molecule has 0 amide bonds. The van der Waals surface area contributed by atoms with Crippen LogP contribution in [0.2, 0.25) is 0 Å². The highest BCUT2D eigenvalue weighted by Crippen LogP contribution is 2.23. The lowest BCUT2D eigenvalue weighted by molar-refractivity contribution is -0.148. The number of likely N-dealkylation sites (N-methyl/N-ethyl adjacent to an activating group) is 1. The van der Waals surface area contributed by atoms with Crippen LogP contribution < -0.4 is 0 Å². The van der Waals surface area contributed by atoms with Gasteiger partial charge in [0.05, 0.1) is 3.79 Å². The Morgan fingerprint density at radius 2 is 2.19 bits per heavy atom. The molecule has 3 nitrogen and oxygen atoms in total. The predicted molar refractivity (Wildman–Crippen MR) is 70.1 cm³/mol. The van der Waals surface area contributed by atoms with Crippen molar-refractivity contribution in [3.05, 3.63) is 20.8 Å². The molecule has 0 saturated carbocycles. The van der Waals surface area contributed by atoms with Gasteiger partial charge in [-0.2, -0.15) is 0 Å². The van der Waals surface area contributed by atoms with Gasteiger partial charge >= 0.3 is 5.97 Å². The van der Waals surface area contributed by atoms with Crippen molar-refractivity contribution in [2.75, 3.05) is 13.6 Å². The highest BCUT2D eigenvalue weighted by molar-refractivity contribution is 9.11. The van der Waals surface area contributed by atoms with Crippen LogP contribution in [0, 0.1) is 0 Å². The number of thiophene rings is 1. The van der Waals surface area contributed by atoms with Crippen molar-refractivity contribution in [3.8, 4) is 0 Å². The lowest BCUT2D eigenvalue weighted by Crippen LogP contribution is -2.48. The number of halogens is 1. The Kier molecular flexibility index (Phi) is 4.52. The molecule has 1 rings (SSSR count). The van der Waals surface area contributed by atoms with Gasteiger partial charge < -0.3 is 5.11 Å². The van der Waals surface area contributed by atoms with Gasteiger partial charge in [-0.25, -0.2) is 0 Å². The van der Waals surface area contributed by atoms with Gasteiger partial charge in [0.25, 0.3) is 0 Å². The summed E-state index contributed by atoms with van der Waals surface area (Å²) in [4.78, 5) is 14.2. The Balaban J connectivity index is 2.53. The van der Waals surface area contributed by atoms with Crippen LogP contribution in [0.1, 0.15) is 18.7 Å². The van der Waals surface area contributed by atoms with Gasteiger partial charge in [0.2, 0.25) is 0 Å². The Labute approximate surface area is 108 Å². The number of carboxylic acids is 1. The van der Waals surface area contributed by atoms with E-state index in [1.807, 2.05) is 18.0 Å². The van der Waals surface area contributed by atoms with Crippen molar-refractivity contribution in [3.63, 3.8) is 0 Å². The van der Waals surface area contributed by atoms with Crippen LogP contribution in [0.15, 0.2) is 15.9 Å². The first-order chi connectivity index (χ1) is 7.34. The zero-order chi connectivity index (χ0) is 12.3. The summed E-state index contributed by atoms with van der Waals surface area (Å²) in [5, 5.41) is 9.07. The lowest BCUT2D eigenvalue weighted by Gasteiger charge is -2.31. The molecule has 0 aliphatic carbocycles. The molecular formula is C11H16BrNO2S. The number of nitrogens with zero attached hydrogens (tertiary/aromatic N) is 1. The smallest absolute Gasteiger partial charge is 0.323 e. The molecule has 1 heterocycles. The van der Waals surface area contributed by atoms with Crippen molar-refractivity contribution >= 4 is 33.2 Å². The van der Waals surface area contributed by atoms with Crippen LogP contribution >= 0.6 is 27.3 Å².